The summed E-state index contributed by atoms with van der Waals surface area (Å²) in [6, 6.07) is 14.4. The summed E-state index contributed by atoms with van der Waals surface area (Å²) in [7, 11) is 3.48. The van der Waals surface area contributed by atoms with Gasteiger partial charge in [-0.1, -0.05) is 30.3 Å². The Kier molecular flexibility index (Phi) is 12.4. The number of benzene rings is 2. The number of hydrogen-bond donors (Lipinski definition) is 2. The van der Waals surface area contributed by atoms with Crippen LogP contribution in [0.3, 0.4) is 0 Å². The van der Waals surface area contributed by atoms with Gasteiger partial charge in [-0.2, -0.15) is 11.8 Å². The number of guanidine groups is 1. The third-order valence-corrected chi connectivity index (χ3v) is 5.13. The van der Waals surface area contributed by atoms with Crippen molar-refractivity contribution in [3.63, 3.8) is 0 Å². The standard InChI is InChI=1S/C22H29FN4OS.HI/c1-4-24-22(25-13-14-29-16-19-7-5-6-8-20(19)23)26-15-17-9-11-18(12-10-17)21(28)27(2)3;/h5-12H,4,13-16H2,1-3H3,(H2,24,25,26);1H. The van der Waals surface area contributed by atoms with Crippen LogP contribution >= 0.6 is 35.7 Å². The van der Waals surface area contributed by atoms with Gasteiger partial charge in [-0.05, 0) is 36.2 Å². The Balaban J connectivity index is 0.00000450. The molecule has 2 rings (SSSR count). The molecule has 1 amide bonds. The molecule has 2 aromatic rings. The van der Waals surface area contributed by atoms with Crippen LogP contribution in [0.1, 0.15) is 28.4 Å². The van der Waals surface area contributed by atoms with Gasteiger partial charge in [-0.25, -0.2) is 9.38 Å². The van der Waals surface area contributed by atoms with E-state index in [1.165, 1.54) is 6.07 Å². The van der Waals surface area contributed by atoms with Crippen molar-refractivity contribution in [1.82, 2.24) is 15.5 Å². The van der Waals surface area contributed by atoms with Gasteiger partial charge in [0.05, 0.1) is 6.54 Å². The molecule has 5 nitrogen and oxygen atoms in total. The van der Waals surface area contributed by atoms with Crippen molar-refractivity contribution in [3.8, 4) is 0 Å². The van der Waals surface area contributed by atoms with Crippen molar-refractivity contribution >= 4 is 47.6 Å². The first-order valence-corrected chi connectivity index (χ1v) is 10.8. The lowest BCUT2D eigenvalue weighted by molar-refractivity contribution is 0.0827. The van der Waals surface area contributed by atoms with E-state index in [-0.39, 0.29) is 35.7 Å². The first-order valence-electron chi connectivity index (χ1n) is 9.65. The summed E-state index contributed by atoms with van der Waals surface area (Å²) in [4.78, 5) is 18.1. The van der Waals surface area contributed by atoms with Crippen molar-refractivity contribution in [2.45, 2.75) is 19.2 Å². The maximum atomic E-state index is 13.6. The summed E-state index contributed by atoms with van der Waals surface area (Å²) in [5, 5.41) is 6.52. The zero-order chi connectivity index (χ0) is 21.1. The molecule has 0 aliphatic rings. The molecule has 0 unspecified atom stereocenters. The van der Waals surface area contributed by atoms with Crippen LogP contribution in [0.4, 0.5) is 4.39 Å². The van der Waals surface area contributed by atoms with Crippen LogP contribution in [0.25, 0.3) is 0 Å². The second-order valence-electron chi connectivity index (χ2n) is 6.66. The number of amides is 1. The van der Waals surface area contributed by atoms with Crippen LogP contribution in [-0.4, -0.2) is 49.7 Å². The molecule has 8 heteroatoms. The molecule has 0 bridgehead atoms. The van der Waals surface area contributed by atoms with E-state index in [1.807, 2.05) is 43.3 Å². The van der Waals surface area contributed by atoms with E-state index in [0.29, 0.717) is 17.9 Å². The highest BCUT2D eigenvalue weighted by Gasteiger charge is 2.07. The molecule has 2 N–H and O–H groups in total. The summed E-state index contributed by atoms with van der Waals surface area (Å²) in [6.07, 6.45) is 0. The lowest BCUT2D eigenvalue weighted by atomic mass is 10.1. The fourth-order valence-electron chi connectivity index (χ4n) is 2.56. The summed E-state index contributed by atoms with van der Waals surface area (Å²) in [5.41, 5.74) is 2.43. The fraction of sp³-hybridized carbons (Fsp3) is 0.364. The first-order chi connectivity index (χ1) is 14.0. The second kappa shape index (κ2) is 14.2. The Morgan fingerprint density at radius 1 is 1.10 bits per heavy atom. The minimum atomic E-state index is -0.152. The maximum Gasteiger partial charge on any atom is 0.253 e. The predicted octanol–water partition coefficient (Wildman–Crippen LogP) is 4.13. The van der Waals surface area contributed by atoms with Gasteiger partial charge in [0.15, 0.2) is 5.96 Å². The molecule has 0 fully saturated rings. The molecule has 30 heavy (non-hydrogen) atoms. The van der Waals surface area contributed by atoms with Gasteiger partial charge in [0, 0.05) is 44.3 Å². The summed E-state index contributed by atoms with van der Waals surface area (Å²) in [5.74, 6) is 2.08. The Morgan fingerprint density at radius 2 is 1.80 bits per heavy atom. The number of carbonyl (C=O) groups is 1. The normalized spacial score (nSPS) is 10.9. The van der Waals surface area contributed by atoms with Gasteiger partial charge in [-0.3, -0.25) is 4.79 Å². The van der Waals surface area contributed by atoms with E-state index in [9.17, 15) is 9.18 Å². The molecule has 0 saturated heterocycles. The third kappa shape index (κ3) is 8.91. The topological polar surface area (TPSA) is 56.7 Å². The highest BCUT2D eigenvalue weighted by molar-refractivity contribution is 14.0. The molecule has 0 aliphatic heterocycles. The Bertz CT molecular complexity index is 815. The van der Waals surface area contributed by atoms with Crippen molar-refractivity contribution in [1.29, 1.82) is 0 Å². The average Bonchev–Trinajstić information content (AvgIpc) is 2.72. The monoisotopic (exact) mass is 544 g/mol. The molecular weight excluding hydrogens is 514 g/mol. The second-order valence-corrected chi connectivity index (χ2v) is 7.77. The van der Waals surface area contributed by atoms with Crippen LogP contribution < -0.4 is 10.6 Å². The zero-order valence-corrected chi connectivity index (χ0v) is 20.8. The lowest BCUT2D eigenvalue weighted by Gasteiger charge is -2.12. The average molecular weight is 544 g/mol. The van der Waals surface area contributed by atoms with Crippen molar-refractivity contribution in [3.05, 3.63) is 71.0 Å². The van der Waals surface area contributed by atoms with E-state index in [0.717, 1.165) is 35.9 Å². The van der Waals surface area contributed by atoms with E-state index >= 15 is 0 Å². The minimum absolute atomic E-state index is 0. The molecule has 0 heterocycles. The summed E-state index contributed by atoms with van der Waals surface area (Å²) >= 11 is 1.68. The van der Waals surface area contributed by atoms with E-state index < -0.39 is 0 Å². The van der Waals surface area contributed by atoms with E-state index in [2.05, 4.69) is 15.6 Å². The fourth-order valence-corrected chi connectivity index (χ4v) is 3.41. The van der Waals surface area contributed by atoms with Crippen LogP contribution in [0.2, 0.25) is 0 Å². The molecule has 0 aromatic heterocycles. The Hall–Kier alpha value is -1.81. The molecule has 0 atom stereocenters. The number of aliphatic imine (C=N–C) groups is 1. The van der Waals surface area contributed by atoms with Gasteiger partial charge in [0.2, 0.25) is 0 Å². The number of halogens is 2. The quantitative estimate of drug-likeness (QED) is 0.216. The van der Waals surface area contributed by atoms with Crippen molar-refractivity contribution in [2.24, 2.45) is 4.99 Å². The first kappa shape index (κ1) is 26.2. The van der Waals surface area contributed by atoms with Crippen LogP contribution in [0, 0.1) is 5.82 Å². The van der Waals surface area contributed by atoms with Crippen LogP contribution in [-0.2, 0) is 12.3 Å². The van der Waals surface area contributed by atoms with E-state index in [1.54, 1.807) is 36.8 Å². The Labute approximate surface area is 199 Å². The van der Waals surface area contributed by atoms with Gasteiger partial charge in [0.1, 0.15) is 5.82 Å². The SMILES string of the molecule is CCNC(=NCc1ccc(C(=O)N(C)C)cc1)NCCSCc1ccccc1F.I. The highest BCUT2D eigenvalue weighted by atomic mass is 127. The summed E-state index contributed by atoms with van der Waals surface area (Å²) < 4.78 is 13.6. The molecule has 0 aliphatic carbocycles. The number of rotatable bonds is 9. The van der Waals surface area contributed by atoms with Gasteiger partial charge in [-0.15, -0.1) is 24.0 Å². The number of carbonyl (C=O) groups excluding carboxylic acids is 1. The molecule has 0 saturated carbocycles. The molecule has 0 radical (unpaired) electrons. The maximum absolute atomic E-state index is 13.6. The zero-order valence-electron chi connectivity index (χ0n) is 17.7. The molecular formula is C22H30FIN4OS. The largest absolute Gasteiger partial charge is 0.357 e. The van der Waals surface area contributed by atoms with Crippen molar-refractivity contribution in [2.75, 3.05) is 32.9 Å². The minimum Gasteiger partial charge on any atom is -0.357 e. The highest BCUT2D eigenvalue weighted by Crippen LogP contribution is 2.14. The van der Waals surface area contributed by atoms with Crippen LogP contribution in [0.5, 0.6) is 0 Å². The molecule has 164 valence electrons. The van der Waals surface area contributed by atoms with Gasteiger partial charge in [0.25, 0.3) is 5.91 Å². The van der Waals surface area contributed by atoms with Crippen LogP contribution in [0.15, 0.2) is 53.5 Å². The molecule has 0 spiro atoms. The smallest absolute Gasteiger partial charge is 0.253 e. The van der Waals surface area contributed by atoms with Crippen molar-refractivity contribution < 1.29 is 9.18 Å². The Morgan fingerprint density at radius 3 is 2.43 bits per heavy atom. The number of thioether (sulfide) groups is 1. The predicted molar refractivity (Wildman–Crippen MR) is 135 cm³/mol. The third-order valence-electron chi connectivity index (χ3n) is 4.13. The number of nitrogens with one attached hydrogen (secondary N) is 2. The molecule has 2 aromatic carbocycles. The number of hydrogen-bond acceptors (Lipinski definition) is 3. The van der Waals surface area contributed by atoms with Gasteiger partial charge >= 0.3 is 0 Å². The lowest BCUT2D eigenvalue weighted by Crippen LogP contribution is -2.38. The van der Waals surface area contributed by atoms with Gasteiger partial charge < -0.3 is 15.5 Å². The van der Waals surface area contributed by atoms with E-state index in [4.69, 9.17) is 0 Å². The summed E-state index contributed by atoms with van der Waals surface area (Å²) in [6.45, 7) is 4.05. The number of nitrogens with zero attached hydrogens (tertiary/aromatic N) is 2.